The number of aliphatic hydroxyl groups excluding tert-OH is 1. The van der Waals surface area contributed by atoms with Crippen molar-refractivity contribution < 1.29 is 19.4 Å². The molecule has 4 aliphatic carbocycles. The molecular weight excluding hydrogens is 316 g/mol. The molecule has 4 fully saturated rings. The van der Waals surface area contributed by atoms with Crippen LogP contribution in [0.25, 0.3) is 0 Å². The van der Waals surface area contributed by atoms with Crippen LogP contribution in [-0.2, 0) is 14.3 Å². The van der Waals surface area contributed by atoms with Gasteiger partial charge in [0.05, 0.1) is 12.2 Å². The molecular formula is C21H28O4. The molecule has 4 nitrogen and oxygen atoms in total. The minimum atomic E-state index is -0.636. The first-order valence-corrected chi connectivity index (χ1v) is 9.85. The van der Waals surface area contributed by atoms with E-state index in [0.717, 1.165) is 25.7 Å². The second-order valence-electron chi connectivity index (χ2n) is 9.71. The monoisotopic (exact) mass is 344 g/mol. The third kappa shape index (κ3) is 1.71. The number of ketones is 2. The lowest BCUT2D eigenvalue weighted by Gasteiger charge is -2.60. The number of hydrogen-bond donors (Lipinski definition) is 1. The van der Waals surface area contributed by atoms with Crippen LogP contribution in [0.5, 0.6) is 0 Å². The van der Waals surface area contributed by atoms with E-state index in [4.69, 9.17) is 4.74 Å². The molecule has 1 N–H and O–H groups in total. The predicted molar refractivity (Wildman–Crippen MR) is 91.8 cm³/mol. The zero-order chi connectivity index (χ0) is 17.8. The van der Waals surface area contributed by atoms with Crippen molar-refractivity contribution in [1.29, 1.82) is 0 Å². The summed E-state index contributed by atoms with van der Waals surface area (Å²) >= 11 is 0. The van der Waals surface area contributed by atoms with Gasteiger partial charge in [0.25, 0.3) is 0 Å². The van der Waals surface area contributed by atoms with Crippen LogP contribution in [0.3, 0.4) is 0 Å². The Kier molecular flexibility index (Phi) is 3.00. The number of ether oxygens (including phenoxy) is 1. The minimum absolute atomic E-state index is 0.0589. The summed E-state index contributed by atoms with van der Waals surface area (Å²) < 4.78 is 5.93. The summed E-state index contributed by atoms with van der Waals surface area (Å²) in [6.07, 6.45) is 6.54. The Morgan fingerprint density at radius 1 is 1.32 bits per heavy atom. The third-order valence-corrected chi connectivity index (χ3v) is 8.85. The molecule has 8 atom stereocenters. The first-order valence-electron chi connectivity index (χ1n) is 9.85. The average molecular weight is 344 g/mol. The molecule has 136 valence electrons. The molecule has 0 aromatic carbocycles. The van der Waals surface area contributed by atoms with Gasteiger partial charge in [0.2, 0.25) is 0 Å². The maximum Gasteiger partial charge on any atom is 0.164 e. The van der Waals surface area contributed by atoms with Crippen molar-refractivity contribution in [2.75, 3.05) is 0 Å². The van der Waals surface area contributed by atoms with Gasteiger partial charge in [0.15, 0.2) is 17.2 Å². The van der Waals surface area contributed by atoms with Gasteiger partial charge >= 0.3 is 0 Å². The van der Waals surface area contributed by atoms with Crippen LogP contribution in [0, 0.1) is 28.6 Å². The summed E-state index contributed by atoms with van der Waals surface area (Å²) in [5, 5.41) is 11.2. The number of carbonyl (C=O) groups excluding carboxylic acids is 2. The Morgan fingerprint density at radius 2 is 2.08 bits per heavy atom. The highest BCUT2D eigenvalue weighted by atomic mass is 16.6. The number of hydrogen-bond acceptors (Lipinski definition) is 4. The molecule has 4 heteroatoms. The van der Waals surface area contributed by atoms with Crippen LogP contribution in [0.1, 0.15) is 59.3 Å². The van der Waals surface area contributed by atoms with Crippen molar-refractivity contribution in [2.24, 2.45) is 28.6 Å². The number of epoxide rings is 1. The molecule has 3 saturated carbocycles. The Hall–Kier alpha value is -1.00. The lowest BCUT2D eigenvalue weighted by Crippen LogP contribution is -2.59. The zero-order valence-corrected chi connectivity index (χ0v) is 15.4. The maximum absolute atomic E-state index is 12.4. The highest BCUT2D eigenvalue weighted by Gasteiger charge is 2.80. The lowest BCUT2D eigenvalue weighted by molar-refractivity contribution is -0.158. The smallest absolute Gasteiger partial charge is 0.164 e. The van der Waals surface area contributed by atoms with Crippen LogP contribution in [0.15, 0.2) is 11.6 Å². The van der Waals surface area contributed by atoms with E-state index in [1.54, 1.807) is 6.92 Å². The Labute approximate surface area is 149 Å². The van der Waals surface area contributed by atoms with Crippen molar-refractivity contribution in [3.63, 3.8) is 0 Å². The van der Waals surface area contributed by atoms with Crippen molar-refractivity contribution in [1.82, 2.24) is 0 Å². The Balaban J connectivity index is 1.56. The summed E-state index contributed by atoms with van der Waals surface area (Å²) in [5.74, 6) is 1.46. The van der Waals surface area contributed by atoms with E-state index in [2.05, 4.69) is 13.8 Å². The van der Waals surface area contributed by atoms with Gasteiger partial charge in [-0.2, -0.15) is 0 Å². The fourth-order valence-corrected chi connectivity index (χ4v) is 7.75. The quantitative estimate of drug-likeness (QED) is 0.743. The van der Waals surface area contributed by atoms with E-state index in [-0.39, 0.29) is 34.4 Å². The molecule has 1 heterocycles. The SMILES string of the molecule is CC(=O)[C@@]12OC1C[C@H]1[C@@H]3CCC4=CC(=O)CC[C@]4(C)[C@H]3[C@@H](O)C[C@@]12C. The van der Waals surface area contributed by atoms with E-state index in [9.17, 15) is 14.7 Å². The van der Waals surface area contributed by atoms with Crippen LogP contribution in [0.2, 0.25) is 0 Å². The summed E-state index contributed by atoms with van der Waals surface area (Å²) in [5.41, 5.74) is 0.317. The van der Waals surface area contributed by atoms with Crippen LogP contribution in [0.4, 0.5) is 0 Å². The number of allylic oxidation sites excluding steroid dienone is 1. The number of Topliss-reactive ketones (excluding diaryl/α,β-unsaturated/α-hetero) is 1. The molecule has 5 rings (SSSR count). The van der Waals surface area contributed by atoms with Gasteiger partial charge in [-0.3, -0.25) is 9.59 Å². The molecule has 1 unspecified atom stereocenters. The standard InChI is InChI=1S/C21H28O4/c1-11(22)21-17(25-21)9-15-14-5-4-12-8-13(23)6-7-19(12,2)18(14)16(24)10-20(15,21)3/h8,14-18,24H,4-7,9-10H2,1-3H3/t14-,15-,16-,17?,18+,19-,20-,21+/m0/s1. The fraction of sp³-hybridized carbons (Fsp3) is 0.810. The highest BCUT2D eigenvalue weighted by molar-refractivity contribution is 5.92. The lowest BCUT2D eigenvalue weighted by atomic mass is 9.45. The summed E-state index contributed by atoms with van der Waals surface area (Å²) in [7, 11) is 0. The molecule has 0 radical (unpaired) electrons. The number of fused-ring (bicyclic) bond motifs is 7. The van der Waals surface area contributed by atoms with Gasteiger partial charge in [0, 0.05) is 11.8 Å². The normalized spacial score (nSPS) is 56.2. The van der Waals surface area contributed by atoms with Crippen molar-refractivity contribution >= 4 is 11.6 Å². The van der Waals surface area contributed by atoms with Gasteiger partial charge in [-0.05, 0) is 68.3 Å². The number of carbonyl (C=O) groups is 2. The maximum atomic E-state index is 12.4. The van der Waals surface area contributed by atoms with Gasteiger partial charge < -0.3 is 9.84 Å². The summed E-state index contributed by atoms with van der Waals surface area (Å²) in [6.45, 7) is 6.10. The first-order chi connectivity index (χ1) is 11.7. The van der Waals surface area contributed by atoms with E-state index >= 15 is 0 Å². The molecule has 0 aromatic rings. The third-order valence-electron chi connectivity index (χ3n) is 8.85. The van der Waals surface area contributed by atoms with Crippen LogP contribution in [-0.4, -0.2) is 34.5 Å². The van der Waals surface area contributed by atoms with Crippen LogP contribution >= 0.6 is 0 Å². The summed E-state index contributed by atoms with van der Waals surface area (Å²) in [4.78, 5) is 24.3. The molecule has 0 amide bonds. The van der Waals surface area contributed by atoms with Crippen molar-refractivity contribution in [2.45, 2.75) is 77.1 Å². The molecule has 25 heavy (non-hydrogen) atoms. The summed E-state index contributed by atoms with van der Waals surface area (Å²) in [6, 6.07) is 0. The molecule has 1 aliphatic heterocycles. The van der Waals surface area contributed by atoms with Gasteiger partial charge in [-0.15, -0.1) is 0 Å². The molecule has 0 aromatic heterocycles. The van der Waals surface area contributed by atoms with Crippen LogP contribution < -0.4 is 0 Å². The van der Waals surface area contributed by atoms with Gasteiger partial charge in [-0.1, -0.05) is 19.4 Å². The molecule has 0 bridgehead atoms. The Bertz CT molecular complexity index is 711. The number of rotatable bonds is 1. The Morgan fingerprint density at radius 3 is 2.80 bits per heavy atom. The molecule has 5 aliphatic rings. The first kappa shape index (κ1) is 16.2. The van der Waals surface area contributed by atoms with Crippen molar-refractivity contribution in [3.05, 3.63) is 11.6 Å². The van der Waals surface area contributed by atoms with E-state index in [1.165, 1.54) is 5.57 Å². The van der Waals surface area contributed by atoms with E-state index in [1.807, 2.05) is 6.08 Å². The highest BCUT2D eigenvalue weighted by Crippen LogP contribution is 2.73. The minimum Gasteiger partial charge on any atom is -0.393 e. The largest absolute Gasteiger partial charge is 0.393 e. The van der Waals surface area contributed by atoms with Crippen molar-refractivity contribution in [3.8, 4) is 0 Å². The predicted octanol–water partition coefficient (Wildman–Crippen LogP) is 2.83. The van der Waals surface area contributed by atoms with Gasteiger partial charge in [-0.25, -0.2) is 0 Å². The zero-order valence-electron chi connectivity index (χ0n) is 15.4. The second kappa shape index (κ2) is 4.64. The second-order valence-corrected chi connectivity index (χ2v) is 9.71. The van der Waals surface area contributed by atoms with E-state index < -0.39 is 11.7 Å². The fourth-order valence-electron chi connectivity index (χ4n) is 7.75. The average Bonchev–Trinajstić information content (AvgIpc) is 3.22. The number of aliphatic hydroxyl groups is 1. The molecule has 1 saturated heterocycles. The topological polar surface area (TPSA) is 66.9 Å². The van der Waals surface area contributed by atoms with Gasteiger partial charge in [0.1, 0.15) is 0 Å². The molecule has 0 spiro atoms. The van der Waals surface area contributed by atoms with E-state index in [0.29, 0.717) is 24.7 Å².